The van der Waals surface area contributed by atoms with Gasteiger partial charge in [0, 0.05) is 11.1 Å². The second kappa shape index (κ2) is 6.59. The highest BCUT2D eigenvalue weighted by atomic mass is 35.5. The number of benzene rings is 1. The maximum atomic E-state index is 12.2. The van der Waals surface area contributed by atoms with E-state index < -0.39 is 5.54 Å². The molecule has 1 fully saturated rings. The van der Waals surface area contributed by atoms with Crippen LogP contribution in [-0.4, -0.2) is 11.9 Å². The second-order valence-corrected chi connectivity index (χ2v) is 6.05. The zero-order chi connectivity index (χ0) is 14.6. The minimum absolute atomic E-state index is 0.326. The lowest BCUT2D eigenvalue weighted by atomic mass is 9.83. The molecule has 1 unspecified atom stereocenters. The van der Waals surface area contributed by atoms with Crippen molar-refractivity contribution < 1.29 is 4.79 Å². The first-order chi connectivity index (χ1) is 9.58. The lowest BCUT2D eigenvalue weighted by Crippen LogP contribution is -2.56. The topological polar surface area (TPSA) is 55.1 Å². The van der Waals surface area contributed by atoms with E-state index in [1.807, 2.05) is 31.2 Å². The second-order valence-electron chi connectivity index (χ2n) is 5.61. The van der Waals surface area contributed by atoms with E-state index in [1.165, 1.54) is 19.3 Å². The average molecular weight is 295 g/mol. The van der Waals surface area contributed by atoms with Gasteiger partial charge >= 0.3 is 0 Å². The molecule has 0 radical (unpaired) electrons. The van der Waals surface area contributed by atoms with Crippen LogP contribution in [0.1, 0.15) is 51.0 Å². The van der Waals surface area contributed by atoms with Crippen molar-refractivity contribution in [3.8, 4) is 0 Å². The molecular weight excluding hydrogens is 272 g/mol. The number of nitrogens with one attached hydrogen (secondary N) is 1. The number of primary amides is 1. The van der Waals surface area contributed by atoms with Gasteiger partial charge in [-0.1, -0.05) is 49.9 Å². The summed E-state index contributed by atoms with van der Waals surface area (Å²) in [6, 6.07) is 7.80. The SMILES string of the molecule is CCC(NC1CCCCC1)(C(N)=O)c1cccc(Cl)c1. The maximum absolute atomic E-state index is 12.2. The molecule has 0 aromatic heterocycles. The molecule has 0 aliphatic heterocycles. The number of carbonyl (C=O) groups is 1. The van der Waals surface area contributed by atoms with E-state index in [4.69, 9.17) is 17.3 Å². The van der Waals surface area contributed by atoms with Crippen molar-refractivity contribution in [2.24, 2.45) is 5.73 Å². The van der Waals surface area contributed by atoms with Crippen LogP contribution in [-0.2, 0) is 10.3 Å². The fourth-order valence-electron chi connectivity index (χ4n) is 3.13. The largest absolute Gasteiger partial charge is 0.368 e. The summed E-state index contributed by atoms with van der Waals surface area (Å²) in [5, 5.41) is 4.16. The maximum Gasteiger partial charge on any atom is 0.242 e. The van der Waals surface area contributed by atoms with Crippen LogP contribution in [0.15, 0.2) is 24.3 Å². The van der Waals surface area contributed by atoms with Crippen molar-refractivity contribution in [3.05, 3.63) is 34.9 Å². The van der Waals surface area contributed by atoms with Crippen molar-refractivity contribution in [2.75, 3.05) is 0 Å². The van der Waals surface area contributed by atoms with Gasteiger partial charge < -0.3 is 5.73 Å². The van der Waals surface area contributed by atoms with Crippen LogP contribution in [0, 0.1) is 0 Å². The van der Waals surface area contributed by atoms with E-state index in [0.29, 0.717) is 17.5 Å². The number of hydrogen-bond donors (Lipinski definition) is 2. The first-order valence-electron chi connectivity index (χ1n) is 7.42. The molecule has 1 aliphatic carbocycles. The molecule has 1 amide bonds. The molecule has 20 heavy (non-hydrogen) atoms. The summed E-state index contributed by atoms with van der Waals surface area (Å²) < 4.78 is 0. The van der Waals surface area contributed by atoms with E-state index in [0.717, 1.165) is 18.4 Å². The fourth-order valence-corrected chi connectivity index (χ4v) is 3.32. The predicted octanol–water partition coefficient (Wildman–Crippen LogP) is 3.35. The fraction of sp³-hybridized carbons (Fsp3) is 0.562. The smallest absolute Gasteiger partial charge is 0.242 e. The Morgan fingerprint density at radius 3 is 2.65 bits per heavy atom. The number of carbonyl (C=O) groups excluding carboxylic acids is 1. The molecule has 3 nitrogen and oxygen atoms in total. The molecule has 3 N–H and O–H groups in total. The molecule has 1 aliphatic rings. The van der Waals surface area contributed by atoms with Gasteiger partial charge in [-0.25, -0.2) is 0 Å². The van der Waals surface area contributed by atoms with Gasteiger partial charge in [0.25, 0.3) is 0 Å². The third kappa shape index (κ3) is 3.15. The van der Waals surface area contributed by atoms with Crippen molar-refractivity contribution in [3.63, 3.8) is 0 Å². The molecule has 0 spiro atoms. The molecule has 1 saturated carbocycles. The lowest BCUT2D eigenvalue weighted by molar-refractivity contribution is -0.125. The Hall–Kier alpha value is -1.06. The monoisotopic (exact) mass is 294 g/mol. The van der Waals surface area contributed by atoms with E-state index >= 15 is 0 Å². The first kappa shape index (κ1) is 15.3. The van der Waals surface area contributed by atoms with Crippen LogP contribution < -0.4 is 11.1 Å². The number of nitrogens with two attached hydrogens (primary N) is 1. The lowest BCUT2D eigenvalue weighted by Gasteiger charge is -2.37. The van der Waals surface area contributed by atoms with Gasteiger partial charge in [-0.15, -0.1) is 0 Å². The predicted molar refractivity (Wildman–Crippen MR) is 82.6 cm³/mol. The zero-order valence-corrected chi connectivity index (χ0v) is 12.7. The highest BCUT2D eigenvalue weighted by Crippen LogP contribution is 2.30. The Bertz CT molecular complexity index is 471. The van der Waals surface area contributed by atoms with Gasteiger partial charge in [-0.3, -0.25) is 10.1 Å². The normalized spacial score (nSPS) is 19.5. The molecule has 0 bridgehead atoms. The third-order valence-corrected chi connectivity index (χ3v) is 4.56. The zero-order valence-electron chi connectivity index (χ0n) is 12.0. The van der Waals surface area contributed by atoms with E-state index in [1.54, 1.807) is 0 Å². The highest BCUT2D eigenvalue weighted by Gasteiger charge is 2.38. The Kier molecular flexibility index (Phi) is 5.06. The third-order valence-electron chi connectivity index (χ3n) is 4.32. The van der Waals surface area contributed by atoms with Gasteiger partial charge in [-0.05, 0) is 37.0 Å². The van der Waals surface area contributed by atoms with Crippen LogP contribution in [0.25, 0.3) is 0 Å². The summed E-state index contributed by atoms with van der Waals surface area (Å²) in [5.41, 5.74) is 5.79. The Morgan fingerprint density at radius 2 is 2.10 bits per heavy atom. The number of amides is 1. The summed E-state index contributed by atoms with van der Waals surface area (Å²) in [5.74, 6) is -0.326. The van der Waals surface area contributed by atoms with Crippen molar-refractivity contribution in [1.82, 2.24) is 5.32 Å². The van der Waals surface area contributed by atoms with Gasteiger partial charge in [0.2, 0.25) is 5.91 Å². The molecule has 1 aromatic rings. The average Bonchev–Trinajstić information content (AvgIpc) is 2.45. The molecule has 2 rings (SSSR count). The Balaban J connectivity index is 2.31. The first-order valence-corrected chi connectivity index (χ1v) is 7.80. The van der Waals surface area contributed by atoms with E-state index in [2.05, 4.69) is 5.32 Å². The minimum Gasteiger partial charge on any atom is -0.368 e. The number of hydrogen-bond acceptors (Lipinski definition) is 2. The Labute approximate surface area is 125 Å². The molecule has 0 heterocycles. The van der Waals surface area contributed by atoms with Gasteiger partial charge in [0.15, 0.2) is 0 Å². The molecule has 110 valence electrons. The quantitative estimate of drug-likeness (QED) is 0.875. The highest BCUT2D eigenvalue weighted by molar-refractivity contribution is 6.30. The van der Waals surface area contributed by atoms with Crippen LogP contribution in [0.3, 0.4) is 0 Å². The molecular formula is C16H23ClN2O. The van der Waals surface area contributed by atoms with Gasteiger partial charge in [-0.2, -0.15) is 0 Å². The summed E-state index contributed by atoms with van der Waals surface area (Å²) in [6.07, 6.45) is 6.55. The molecule has 1 atom stereocenters. The van der Waals surface area contributed by atoms with Crippen LogP contribution in [0.2, 0.25) is 5.02 Å². The Morgan fingerprint density at radius 1 is 1.40 bits per heavy atom. The van der Waals surface area contributed by atoms with Crippen LogP contribution in [0.4, 0.5) is 0 Å². The van der Waals surface area contributed by atoms with Crippen LogP contribution >= 0.6 is 11.6 Å². The van der Waals surface area contributed by atoms with Crippen LogP contribution in [0.5, 0.6) is 0 Å². The molecule has 1 aromatic carbocycles. The molecule has 0 saturated heterocycles. The summed E-state index contributed by atoms with van der Waals surface area (Å²) in [6.45, 7) is 1.99. The van der Waals surface area contributed by atoms with E-state index in [9.17, 15) is 4.79 Å². The van der Waals surface area contributed by atoms with Crippen molar-refractivity contribution in [1.29, 1.82) is 0 Å². The summed E-state index contributed by atoms with van der Waals surface area (Å²) in [4.78, 5) is 12.2. The molecule has 4 heteroatoms. The number of rotatable bonds is 5. The van der Waals surface area contributed by atoms with Gasteiger partial charge in [0.1, 0.15) is 5.54 Å². The van der Waals surface area contributed by atoms with Crippen molar-refractivity contribution >= 4 is 17.5 Å². The van der Waals surface area contributed by atoms with E-state index in [-0.39, 0.29) is 5.91 Å². The minimum atomic E-state index is -0.813. The number of halogens is 1. The van der Waals surface area contributed by atoms with Crippen molar-refractivity contribution in [2.45, 2.75) is 57.0 Å². The summed E-state index contributed by atoms with van der Waals surface area (Å²) in [7, 11) is 0. The van der Waals surface area contributed by atoms with Gasteiger partial charge in [0.05, 0.1) is 0 Å². The standard InChI is InChI=1S/C16H23ClN2O/c1-2-16(15(18)20,12-7-6-8-13(17)11-12)19-14-9-4-3-5-10-14/h6-8,11,14,19H,2-5,9-10H2,1H3,(H2,18,20). The summed E-state index contributed by atoms with van der Waals surface area (Å²) >= 11 is 6.08.